The van der Waals surface area contributed by atoms with Gasteiger partial charge in [0.05, 0.1) is 11.2 Å². The zero-order chi connectivity index (χ0) is 14.3. The summed E-state index contributed by atoms with van der Waals surface area (Å²) in [6.07, 6.45) is 3.74. The van der Waals surface area contributed by atoms with Gasteiger partial charge in [-0.25, -0.2) is 4.98 Å². The van der Waals surface area contributed by atoms with Crippen LogP contribution in [0.25, 0.3) is 0 Å². The summed E-state index contributed by atoms with van der Waals surface area (Å²) in [4.78, 5) is 6.24. The number of hydrogen-bond donors (Lipinski definition) is 1. The van der Waals surface area contributed by atoms with Gasteiger partial charge in [-0.05, 0) is 51.0 Å². The third-order valence-electron chi connectivity index (χ3n) is 4.33. The van der Waals surface area contributed by atoms with Crippen LogP contribution < -0.4 is 5.32 Å². The Balaban J connectivity index is 2.42. The van der Waals surface area contributed by atoms with Crippen LogP contribution in [0, 0.1) is 25.2 Å². The minimum Gasteiger partial charge on any atom is -0.306 e. The topological polar surface area (TPSA) is 24.9 Å². The molecule has 2 atom stereocenters. The van der Waals surface area contributed by atoms with Gasteiger partial charge < -0.3 is 5.32 Å². The van der Waals surface area contributed by atoms with Crippen molar-refractivity contribution in [1.82, 2.24) is 10.3 Å². The van der Waals surface area contributed by atoms with Gasteiger partial charge in [0.15, 0.2) is 0 Å². The van der Waals surface area contributed by atoms with E-state index in [0.29, 0.717) is 5.41 Å². The van der Waals surface area contributed by atoms with Gasteiger partial charge >= 0.3 is 0 Å². The number of aromatic nitrogens is 1. The van der Waals surface area contributed by atoms with E-state index < -0.39 is 0 Å². The van der Waals surface area contributed by atoms with E-state index in [9.17, 15) is 0 Å². The highest BCUT2D eigenvalue weighted by Gasteiger charge is 2.45. The summed E-state index contributed by atoms with van der Waals surface area (Å²) >= 11 is 1.89. The predicted octanol–water partition coefficient (Wildman–Crippen LogP) is 4.41. The molecule has 1 saturated carbocycles. The quantitative estimate of drug-likeness (QED) is 0.887. The van der Waals surface area contributed by atoms with Gasteiger partial charge in [0.2, 0.25) is 0 Å². The Bertz CT molecular complexity index is 430. The lowest BCUT2D eigenvalue weighted by Gasteiger charge is -2.47. The molecule has 2 rings (SSSR count). The van der Waals surface area contributed by atoms with E-state index in [4.69, 9.17) is 4.98 Å². The molecule has 19 heavy (non-hydrogen) atoms. The summed E-state index contributed by atoms with van der Waals surface area (Å²) < 4.78 is 0. The normalized spacial score (nSPS) is 30.5. The van der Waals surface area contributed by atoms with Gasteiger partial charge in [0.25, 0.3) is 0 Å². The average molecular weight is 280 g/mol. The molecule has 108 valence electrons. The molecular formula is C16H28N2S. The van der Waals surface area contributed by atoms with Crippen LogP contribution in [0.15, 0.2) is 0 Å². The summed E-state index contributed by atoms with van der Waals surface area (Å²) in [5.41, 5.74) is 1.70. The molecule has 1 aromatic heterocycles. The summed E-state index contributed by atoms with van der Waals surface area (Å²) in [6, 6.07) is 0. The monoisotopic (exact) mass is 280 g/mol. The van der Waals surface area contributed by atoms with Crippen molar-refractivity contribution in [2.45, 2.75) is 66.3 Å². The van der Waals surface area contributed by atoms with Gasteiger partial charge in [-0.1, -0.05) is 27.7 Å². The van der Waals surface area contributed by atoms with Crippen molar-refractivity contribution in [3.8, 4) is 0 Å². The van der Waals surface area contributed by atoms with E-state index in [1.165, 1.54) is 34.8 Å². The maximum Gasteiger partial charge on any atom is 0.113 e. The molecule has 1 aromatic rings. The molecule has 1 fully saturated rings. The largest absolute Gasteiger partial charge is 0.306 e. The van der Waals surface area contributed by atoms with Crippen molar-refractivity contribution in [2.75, 3.05) is 6.54 Å². The summed E-state index contributed by atoms with van der Waals surface area (Å²) in [6.45, 7) is 14.7. The molecule has 1 aliphatic rings. The number of nitrogens with one attached hydrogen (secondary N) is 1. The van der Waals surface area contributed by atoms with Crippen LogP contribution in [-0.4, -0.2) is 11.5 Å². The van der Waals surface area contributed by atoms with Crippen LogP contribution >= 0.6 is 11.3 Å². The first kappa shape index (κ1) is 15.0. The lowest BCUT2D eigenvalue weighted by molar-refractivity contribution is 0.0806. The fourth-order valence-electron chi connectivity index (χ4n) is 3.96. The van der Waals surface area contributed by atoms with Crippen molar-refractivity contribution in [3.05, 3.63) is 15.6 Å². The van der Waals surface area contributed by atoms with Crippen molar-refractivity contribution in [2.24, 2.45) is 11.3 Å². The molecule has 0 amide bonds. The fraction of sp³-hybridized carbons (Fsp3) is 0.812. The predicted molar refractivity (Wildman–Crippen MR) is 83.7 cm³/mol. The highest BCUT2D eigenvalue weighted by atomic mass is 32.1. The lowest BCUT2D eigenvalue weighted by Crippen LogP contribution is -2.50. The molecule has 1 heterocycles. The second kappa shape index (κ2) is 5.17. The van der Waals surface area contributed by atoms with Crippen LogP contribution in [0.3, 0.4) is 0 Å². The van der Waals surface area contributed by atoms with Crippen molar-refractivity contribution in [1.29, 1.82) is 0 Å². The molecule has 2 unspecified atom stereocenters. The smallest absolute Gasteiger partial charge is 0.113 e. The first-order chi connectivity index (χ1) is 8.78. The molecule has 2 nitrogen and oxygen atoms in total. The molecule has 0 saturated heterocycles. The van der Waals surface area contributed by atoms with Gasteiger partial charge in [-0.3, -0.25) is 0 Å². The van der Waals surface area contributed by atoms with Crippen molar-refractivity contribution in [3.63, 3.8) is 0 Å². The molecule has 0 radical (unpaired) electrons. The Hall–Kier alpha value is -0.410. The van der Waals surface area contributed by atoms with E-state index in [1.54, 1.807) is 0 Å². The number of thiazole rings is 1. The number of nitrogens with zero attached hydrogens (tertiary/aromatic N) is 1. The molecule has 1 aliphatic carbocycles. The molecular weight excluding hydrogens is 252 g/mol. The van der Waals surface area contributed by atoms with E-state index in [0.717, 1.165) is 12.5 Å². The third kappa shape index (κ3) is 3.03. The Morgan fingerprint density at radius 1 is 1.32 bits per heavy atom. The van der Waals surface area contributed by atoms with Crippen LogP contribution in [0.4, 0.5) is 0 Å². The van der Waals surface area contributed by atoms with Crippen molar-refractivity contribution >= 4 is 11.3 Å². The zero-order valence-corrected chi connectivity index (χ0v) is 14.1. The SMILES string of the molecule is CCNC1(c2nc(C)c(C)s2)CC(C)CC(C)(C)C1. The maximum absolute atomic E-state index is 4.88. The second-order valence-electron chi connectivity index (χ2n) is 7.13. The van der Waals surface area contributed by atoms with Crippen molar-refractivity contribution < 1.29 is 0 Å². The molecule has 3 heteroatoms. The molecule has 0 bridgehead atoms. The first-order valence-corrected chi connectivity index (χ1v) is 8.29. The van der Waals surface area contributed by atoms with Gasteiger partial charge in [0.1, 0.15) is 5.01 Å². The average Bonchev–Trinajstić information content (AvgIpc) is 2.57. The highest BCUT2D eigenvalue weighted by Crippen LogP contribution is 2.49. The Kier molecular flexibility index (Phi) is 4.08. The standard InChI is InChI=1S/C16H28N2S/c1-7-17-16(14-18-12(3)13(4)19-14)9-11(2)8-15(5,6)10-16/h11,17H,7-10H2,1-6H3. The number of rotatable bonds is 3. The van der Waals surface area contributed by atoms with Crippen LogP contribution in [-0.2, 0) is 5.54 Å². The van der Waals surface area contributed by atoms with E-state index in [2.05, 4.69) is 46.9 Å². The lowest BCUT2D eigenvalue weighted by atomic mass is 9.64. The van der Waals surface area contributed by atoms with E-state index >= 15 is 0 Å². The van der Waals surface area contributed by atoms with Gasteiger partial charge in [-0.2, -0.15) is 0 Å². The second-order valence-corrected chi connectivity index (χ2v) is 8.33. The molecule has 0 spiro atoms. The van der Waals surface area contributed by atoms with Gasteiger partial charge in [0, 0.05) is 4.88 Å². The van der Waals surface area contributed by atoms with Crippen LogP contribution in [0.2, 0.25) is 0 Å². The minimum atomic E-state index is 0.0968. The van der Waals surface area contributed by atoms with E-state index in [-0.39, 0.29) is 5.54 Å². The maximum atomic E-state index is 4.88. The Labute approximate surface area is 122 Å². The molecule has 0 aromatic carbocycles. The Morgan fingerprint density at radius 3 is 2.47 bits per heavy atom. The third-order valence-corrected chi connectivity index (χ3v) is 5.61. The zero-order valence-electron chi connectivity index (χ0n) is 13.3. The van der Waals surface area contributed by atoms with Gasteiger partial charge in [-0.15, -0.1) is 11.3 Å². The van der Waals surface area contributed by atoms with Crippen LogP contribution in [0.5, 0.6) is 0 Å². The summed E-state index contributed by atoms with van der Waals surface area (Å²) in [5.74, 6) is 0.757. The molecule has 1 N–H and O–H groups in total. The summed E-state index contributed by atoms with van der Waals surface area (Å²) in [5, 5.41) is 5.10. The van der Waals surface area contributed by atoms with E-state index in [1.807, 2.05) is 11.3 Å². The highest BCUT2D eigenvalue weighted by molar-refractivity contribution is 7.11. The van der Waals surface area contributed by atoms with Crippen LogP contribution in [0.1, 0.15) is 62.5 Å². The summed E-state index contributed by atoms with van der Waals surface area (Å²) in [7, 11) is 0. The number of aryl methyl sites for hydroxylation is 2. The number of hydrogen-bond acceptors (Lipinski definition) is 3. The fourth-order valence-corrected chi connectivity index (χ4v) is 5.05. The first-order valence-electron chi connectivity index (χ1n) is 7.47. The molecule has 0 aliphatic heterocycles. The Morgan fingerprint density at radius 2 is 2.00 bits per heavy atom. The minimum absolute atomic E-state index is 0.0968.